The van der Waals surface area contributed by atoms with E-state index < -0.39 is 27.7 Å². The van der Waals surface area contributed by atoms with E-state index in [9.17, 15) is 22.0 Å². The summed E-state index contributed by atoms with van der Waals surface area (Å²) in [5.41, 5.74) is 0.995. The number of hydrogen-bond acceptors (Lipinski definition) is 9. The van der Waals surface area contributed by atoms with Gasteiger partial charge in [-0.2, -0.15) is 8.78 Å². The van der Waals surface area contributed by atoms with E-state index in [1.54, 1.807) is 26.4 Å². The number of amides is 1. The Morgan fingerprint density at radius 2 is 2.00 bits per heavy atom. The van der Waals surface area contributed by atoms with E-state index >= 15 is 0 Å². The van der Waals surface area contributed by atoms with E-state index in [1.165, 1.54) is 30.6 Å². The number of halogens is 2. The number of ether oxygens (including phenoxy) is 1. The number of carbonyl (C=O) groups excluding carboxylic acids is 1. The topological polar surface area (TPSA) is 126 Å². The highest BCUT2D eigenvalue weighted by Gasteiger charge is 2.25. The fraction of sp³-hybridized carbons (Fsp3) is 0.333. The molecule has 1 atom stereocenters. The number of aromatic nitrogens is 3. The van der Waals surface area contributed by atoms with Gasteiger partial charge >= 0.3 is 5.76 Å². The smallest absolute Gasteiger partial charge is 0.355 e. The normalized spacial score (nSPS) is 12.5. The van der Waals surface area contributed by atoms with Crippen LogP contribution in [0, 0.1) is 0 Å². The zero-order chi connectivity index (χ0) is 25.6. The monoisotopic (exact) mass is 526 g/mol. The van der Waals surface area contributed by atoms with Crippen LogP contribution in [0.2, 0.25) is 0 Å². The van der Waals surface area contributed by atoms with Crippen molar-refractivity contribution in [1.82, 2.24) is 25.2 Å². The van der Waals surface area contributed by atoms with Crippen LogP contribution >= 0.6 is 11.3 Å². The standard InChI is InChI=1S/C21H24F2N6O4S2/c1-4-33-18-11-24-9-15(26-18)17-10-25-20(34-17)19(30)27-16(12-29(2)3)13-6-5-7-14(8-13)28-35(31,32)21(22)23/h5-11,16,21,28H,4,12H2,1-3H3,(H,27,30)/t16-/m0/s1. The highest BCUT2D eigenvalue weighted by molar-refractivity contribution is 7.93. The molecule has 0 aliphatic rings. The minimum atomic E-state index is -4.82. The maximum atomic E-state index is 13.0. The first-order valence-corrected chi connectivity index (χ1v) is 12.7. The molecule has 0 unspecified atom stereocenters. The third kappa shape index (κ3) is 7.13. The summed E-state index contributed by atoms with van der Waals surface area (Å²) in [5, 5.41) is 3.05. The lowest BCUT2D eigenvalue weighted by Gasteiger charge is -2.23. The van der Waals surface area contributed by atoms with Crippen molar-refractivity contribution in [3.05, 3.63) is 53.4 Å². The number of nitrogens with one attached hydrogen (secondary N) is 2. The van der Waals surface area contributed by atoms with E-state index in [4.69, 9.17) is 4.74 Å². The summed E-state index contributed by atoms with van der Waals surface area (Å²) in [7, 11) is -1.22. The van der Waals surface area contributed by atoms with Crippen LogP contribution in [0.4, 0.5) is 14.5 Å². The summed E-state index contributed by atoms with van der Waals surface area (Å²) in [6.07, 6.45) is 4.54. The SMILES string of the molecule is CCOc1cncc(-c2cnc(C(=O)N[C@@H](CN(C)C)c3cccc(NS(=O)(=O)C(F)F)c3)s2)n1. The number of rotatable bonds is 11. The molecule has 0 fully saturated rings. The van der Waals surface area contributed by atoms with Gasteiger partial charge in [0.1, 0.15) is 5.69 Å². The Hall–Kier alpha value is -3.23. The van der Waals surface area contributed by atoms with Gasteiger partial charge in [0.2, 0.25) is 5.88 Å². The van der Waals surface area contributed by atoms with Crippen LogP contribution in [0.5, 0.6) is 5.88 Å². The molecule has 0 spiro atoms. The Morgan fingerprint density at radius 3 is 2.69 bits per heavy atom. The number of nitrogens with zero attached hydrogens (tertiary/aromatic N) is 4. The largest absolute Gasteiger partial charge is 0.477 e. The summed E-state index contributed by atoms with van der Waals surface area (Å²) in [5.74, 6) is -3.67. The van der Waals surface area contributed by atoms with Crippen molar-refractivity contribution in [2.75, 3.05) is 32.0 Å². The highest BCUT2D eigenvalue weighted by Crippen LogP contribution is 2.26. The second-order valence-electron chi connectivity index (χ2n) is 7.53. The van der Waals surface area contributed by atoms with E-state index in [1.807, 2.05) is 16.5 Å². The van der Waals surface area contributed by atoms with Gasteiger partial charge < -0.3 is 15.0 Å². The zero-order valence-electron chi connectivity index (χ0n) is 19.1. The van der Waals surface area contributed by atoms with Gasteiger partial charge in [0.05, 0.1) is 29.9 Å². The quantitative estimate of drug-likeness (QED) is 0.391. The fourth-order valence-corrected chi connectivity index (χ4v) is 4.35. The van der Waals surface area contributed by atoms with Gasteiger partial charge in [-0.25, -0.2) is 18.4 Å². The first-order chi connectivity index (χ1) is 16.6. The first kappa shape index (κ1) is 26.4. The molecule has 10 nitrogen and oxygen atoms in total. The summed E-state index contributed by atoms with van der Waals surface area (Å²) in [4.78, 5) is 28.0. The molecule has 0 saturated carbocycles. The number of likely N-dealkylation sites (N-methyl/N-ethyl adjacent to an activating group) is 1. The molecule has 1 aromatic carbocycles. The van der Waals surface area contributed by atoms with Gasteiger partial charge in [0, 0.05) is 18.4 Å². The summed E-state index contributed by atoms with van der Waals surface area (Å²) in [6.45, 7) is 2.63. The lowest BCUT2D eigenvalue weighted by Crippen LogP contribution is -2.35. The number of anilines is 1. The van der Waals surface area contributed by atoms with Gasteiger partial charge in [-0.05, 0) is 38.7 Å². The summed E-state index contributed by atoms with van der Waals surface area (Å²) >= 11 is 1.12. The molecule has 0 aliphatic heterocycles. The number of hydrogen-bond donors (Lipinski definition) is 2. The molecule has 2 aromatic heterocycles. The van der Waals surface area contributed by atoms with Gasteiger partial charge in [-0.3, -0.25) is 14.5 Å². The summed E-state index contributed by atoms with van der Waals surface area (Å²) in [6, 6.07) is 5.34. The lowest BCUT2D eigenvalue weighted by molar-refractivity contribution is 0.0929. The Bertz CT molecular complexity index is 1270. The molecule has 3 rings (SSSR count). The molecular formula is C21H24F2N6O4S2. The van der Waals surface area contributed by atoms with Crippen LogP contribution in [0.3, 0.4) is 0 Å². The Labute approximate surface area is 205 Å². The fourth-order valence-electron chi connectivity index (χ4n) is 3.03. The van der Waals surface area contributed by atoms with E-state index in [0.29, 0.717) is 35.2 Å². The third-order valence-electron chi connectivity index (χ3n) is 4.49. The van der Waals surface area contributed by atoms with Crippen LogP contribution in [0.15, 0.2) is 42.9 Å². The molecule has 0 bridgehead atoms. The average Bonchev–Trinajstić information content (AvgIpc) is 3.29. The Balaban J connectivity index is 1.80. The minimum absolute atomic E-state index is 0.0369. The third-order valence-corrected chi connectivity index (χ3v) is 6.50. The van der Waals surface area contributed by atoms with Crippen molar-refractivity contribution in [1.29, 1.82) is 0 Å². The van der Waals surface area contributed by atoms with Crippen molar-refractivity contribution >= 4 is 33.0 Å². The Morgan fingerprint density at radius 1 is 1.23 bits per heavy atom. The lowest BCUT2D eigenvalue weighted by atomic mass is 10.1. The predicted octanol–water partition coefficient (Wildman–Crippen LogP) is 3.00. The van der Waals surface area contributed by atoms with Crippen molar-refractivity contribution < 1.29 is 26.7 Å². The number of benzene rings is 1. The molecule has 0 radical (unpaired) electrons. The molecular weight excluding hydrogens is 502 g/mol. The number of thiazole rings is 1. The molecule has 188 valence electrons. The van der Waals surface area contributed by atoms with Crippen molar-refractivity contribution in [3.8, 4) is 16.5 Å². The molecule has 2 heterocycles. The van der Waals surface area contributed by atoms with Gasteiger partial charge in [0.15, 0.2) is 5.01 Å². The zero-order valence-corrected chi connectivity index (χ0v) is 20.7. The molecule has 2 N–H and O–H groups in total. The highest BCUT2D eigenvalue weighted by atomic mass is 32.2. The molecule has 35 heavy (non-hydrogen) atoms. The second-order valence-corrected chi connectivity index (χ2v) is 10.2. The number of carbonyl (C=O) groups is 1. The van der Waals surface area contributed by atoms with E-state index in [0.717, 1.165) is 11.3 Å². The van der Waals surface area contributed by atoms with Crippen LogP contribution < -0.4 is 14.8 Å². The van der Waals surface area contributed by atoms with Crippen LogP contribution in [-0.2, 0) is 10.0 Å². The van der Waals surface area contributed by atoms with E-state index in [-0.39, 0.29) is 10.7 Å². The Kier molecular flexibility index (Phi) is 8.64. The maximum Gasteiger partial charge on any atom is 0.355 e. The number of alkyl halides is 2. The van der Waals surface area contributed by atoms with Gasteiger partial charge in [-0.15, -0.1) is 11.3 Å². The molecule has 0 aliphatic carbocycles. The minimum Gasteiger partial charge on any atom is -0.477 e. The molecule has 1 amide bonds. The molecule has 0 saturated heterocycles. The predicted molar refractivity (Wildman–Crippen MR) is 128 cm³/mol. The van der Waals surface area contributed by atoms with Gasteiger partial charge in [-0.1, -0.05) is 12.1 Å². The van der Waals surface area contributed by atoms with Crippen LogP contribution in [0.1, 0.15) is 28.3 Å². The van der Waals surface area contributed by atoms with Gasteiger partial charge in [0.25, 0.3) is 15.9 Å². The molecule has 3 aromatic rings. The van der Waals surface area contributed by atoms with E-state index in [2.05, 4.69) is 20.3 Å². The average molecular weight is 527 g/mol. The van der Waals surface area contributed by atoms with Crippen molar-refractivity contribution in [2.45, 2.75) is 18.7 Å². The van der Waals surface area contributed by atoms with Crippen LogP contribution in [0.25, 0.3) is 10.6 Å². The summed E-state index contributed by atoms with van der Waals surface area (Å²) < 4.78 is 55.8. The van der Waals surface area contributed by atoms with Crippen molar-refractivity contribution in [3.63, 3.8) is 0 Å². The van der Waals surface area contributed by atoms with Crippen molar-refractivity contribution in [2.24, 2.45) is 0 Å². The first-order valence-electron chi connectivity index (χ1n) is 10.4. The van der Waals surface area contributed by atoms with Crippen LogP contribution in [-0.4, -0.2) is 67.2 Å². The molecule has 14 heteroatoms. The second kappa shape index (κ2) is 11.5. The maximum absolute atomic E-state index is 13.0. The number of sulfonamides is 1.